The molecule has 3 N–H and O–H groups in total. The van der Waals surface area contributed by atoms with E-state index in [1.54, 1.807) is 20.0 Å². The third kappa shape index (κ3) is 1.44. The number of rotatable bonds is 2. The van der Waals surface area contributed by atoms with E-state index in [4.69, 9.17) is 5.41 Å². The molecule has 0 unspecified atom stereocenters. The highest BCUT2D eigenvalue weighted by molar-refractivity contribution is 5.84. The normalized spacial score (nSPS) is 9.58. The molecule has 0 fully saturated rings. The summed E-state index contributed by atoms with van der Waals surface area (Å²) in [6, 6.07) is 3.15. The first-order chi connectivity index (χ1) is 5.69. The van der Waals surface area contributed by atoms with Crippen LogP contribution in [0.3, 0.4) is 0 Å². The average molecular weight is 167 g/mol. The van der Waals surface area contributed by atoms with E-state index in [0.29, 0.717) is 11.3 Å². The molecule has 0 aliphatic heterocycles. The minimum atomic E-state index is -0.218. The Bertz CT molecular complexity index is 308. The average Bonchev–Trinajstić information content (AvgIpc) is 2.09. The molecule has 1 aromatic rings. The van der Waals surface area contributed by atoms with Crippen molar-refractivity contribution in [3.63, 3.8) is 0 Å². The minimum Gasteiger partial charge on any atom is -0.387 e. The maximum atomic E-state index is 13.0. The Labute approximate surface area is 70.9 Å². The van der Waals surface area contributed by atoms with Crippen molar-refractivity contribution in [3.05, 3.63) is 29.1 Å². The minimum absolute atomic E-state index is 0.218. The van der Waals surface area contributed by atoms with E-state index < -0.39 is 0 Å². The van der Waals surface area contributed by atoms with Crippen molar-refractivity contribution in [1.82, 2.24) is 0 Å². The summed E-state index contributed by atoms with van der Waals surface area (Å²) in [5.41, 5.74) is 2.13. The summed E-state index contributed by atoms with van der Waals surface area (Å²) in [5.74, 6) is -0.218. The van der Waals surface area contributed by atoms with Gasteiger partial charge in [-0.25, -0.2) is 4.39 Å². The number of hydrogen-bond donors (Lipinski definition) is 2. The van der Waals surface area contributed by atoms with E-state index in [1.165, 1.54) is 12.3 Å². The fourth-order valence-corrected chi connectivity index (χ4v) is 1.06. The standard InChI is InChI=1S/C9H11FN2/c1-6-3-7(5-11)9(12-2)4-8(6)10/h3-5,11-12H,1-2H3/p+1. The first kappa shape index (κ1) is 8.71. The molecule has 0 bridgehead atoms. The maximum Gasteiger partial charge on any atom is 0.169 e. The van der Waals surface area contributed by atoms with Crippen LogP contribution in [-0.2, 0) is 0 Å². The number of nitrogens with one attached hydrogen (secondary N) is 1. The monoisotopic (exact) mass is 167 g/mol. The van der Waals surface area contributed by atoms with Crippen molar-refractivity contribution < 1.29 is 9.80 Å². The zero-order chi connectivity index (χ0) is 9.14. The van der Waals surface area contributed by atoms with E-state index in [2.05, 4.69) is 5.32 Å². The highest BCUT2D eigenvalue weighted by Gasteiger charge is 2.04. The van der Waals surface area contributed by atoms with E-state index in [9.17, 15) is 4.39 Å². The Morgan fingerprint density at radius 1 is 1.50 bits per heavy atom. The van der Waals surface area contributed by atoms with Gasteiger partial charge in [-0.3, -0.25) is 5.41 Å². The maximum absolute atomic E-state index is 13.0. The van der Waals surface area contributed by atoms with Crippen LogP contribution < -0.4 is 10.7 Å². The summed E-state index contributed by atoms with van der Waals surface area (Å²) in [6.45, 7) is 1.71. The van der Waals surface area contributed by atoms with E-state index in [1.807, 2.05) is 0 Å². The molecule has 1 rings (SSSR count). The predicted octanol–water partition coefficient (Wildman–Crippen LogP) is 0.354. The predicted molar refractivity (Wildman–Crippen MR) is 47.8 cm³/mol. The van der Waals surface area contributed by atoms with Crippen molar-refractivity contribution in [2.75, 3.05) is 12.4 Å². The van der Waals surface area contributed by atoms with Crippen LogP contribution in [0, 0.1) is 12.7 Å². The van der Waals surface area contributed by atoms with Crippen LogP contribution in [0.4, 0.5) is 10.1 Å². The number of hydrogen-bond acceptors (Lipinski definition) is 1. The molecular weight excluding hydrogens is 155 g/mol. The van der Waals surface area contributed by atoms with Crippen LogP contribution in [0.5, 0.6) is 0 Å². The fraction of sp³-hybridized carbons (Fsp3) is 0.222. The highest BCUT2D eigenvalue weighted by atomic mass is 19.1. The molecule has 0 aliphatic carbocycles. The van der Waals surface area contributed by atoms with Gasteiger partial charge in [-0.05, 0) is 24.6 Å². The summed E-state index contributed by atoms with van der Waals surface area (Å²) in [4.78, 5) is 0. The van der Waals surface area contributed by atoms with Crippen LogP contribution in [0.2, 0.25) is 0 Å². The largest absolute Gasteiger partial charge is 0.387 e. The molecule has 0 radical (unpaired) electrons. The molecule has 0 amide bonds. The number of halogens is 1. The Kier molecular flexibility index (Phi) is 2.43. The van der Waals surface area contributed by atoms with Gasteiger partial charge >= 0.3 is 0 Å². The third-order valence-corrected chi connectivity index (χ3v) is 1.78. The van der Waals surface area contributed by atoms with Gasteiger partial charge in [-0.2, -0.15) is 0 Å². The van der Waals surface area contributed by atoms with Crippen molar-refractivity contribution >= 4 is 11.9 Å². The third-order valence-electron chi connectivity index (χ3n) is 1.78. The second-order valence-corrected chi connectivity index (χ2v) is 2.61. The number of aryl methyl sites for hydroxylation is 1. The smallest absolute Gasteiger partial charge is 0.169 e. The van der Waals surface area contributed by atoms with Crippen molar-refractivity contribution in [2.24, 2.45) is 0 Å². The topological polar surface area (TPSA) is 37.6 Å². The molecule has 0 aliphatic rings. The highest BCUT2D eigenvalue weighted by Crippen LogP contribution is 2.17. The van der Waals surface area contributed by atoms with Gasteiger partial charge in [-0.15, -0.1) is 0 Å². The second kappa shape index (κ2) is 3.34. The van der Waals surface area contributed by atoms with Crippen LogP contribution in [-0.4, -0.2) is 13.3 Å². The number of benzene rings is 1. The summed E-state index contributed by atoms with van der Waals surface area (Å²) in [6.07, 6.45) is 1.46. The molecule has 12 heavy (non-hydrogen) atoms. The Balaban J connectivity index is 3.28. The van der Waals surface area contributed by atoms with Gasteiger partial charge in [0.25, 0.3) is 0 Å². The lowest BCUT2D eigenvalue weighted by Crippen LogP contribution is -2.30. The molecule has 3 heteroatoms. The van der Waals surface area contributed by atoms with Gasteiger partial charge in [-0.1, -0.05) is 0 Å². The lowest BCUT2D eigenvalue weighted by molar-refractivity contribution is -0.104. The first-order valence-electron chi connectivity index (χ1n) is 3.72. The van der Waals surface area contributed by atoms with Gasteiger partial charge < -0.3 is 5.32 Å². The number of anilines is 1. The quantitative estimate of drug-likeness (QED) is 0.613. The molecule has 2 nitrogen and oxygen atoms in total. The zero-order valence-electron chi connectivity index (χ0n) is 7.19. The van der Waals surface area contributed by atoms with Crippen LogP contribution in [0.1, 0.15) is 11.1 Å². The second-order valence-electron chi connectivity index (χ2n) is 2.61. The summed E-state index contributed by atoms with van der Waals surface area (Å²) < 4.78 is 13.0. The van der Waals surface area contributed by atoms with Gasteiger partial charge in [0.2, 0.25) is 0 Å². The van der Waals surface area contributed by atoms with Gasteiger partial charge in [0, 0.05) is 7.05 Å². The molecule has 0 aromatic heterocycles. The zero-order valence-corrected chi connectivity index (χ0v) is 7.19. The van der Waals surface area contributed by atoms with Crippen LogP contribution in [0.25, 0.3) is 0 Å². The summed E-state index contributed by atoms with van der Waals surface area (Å²) >= 11 is 0. The van der Waals surface area contributed by atoms with Gasteiger partial charge in [0.15, 0.2) is 6.21 Å². The molecule has 0 saturated carbocycles. The Hall–Kier alpha value is -1.38. The molecule has 1 aromatic carbocycles. The number of nitrogens with two attached hydrogens (primary N) is 1. The fourth-order valence-electron chi connectivity index (χ4n) is 1.06. The van der Waals surface area contributed by atoms with Crippen molar-refractivity contribution in [1.29, 1.82) is 0 Å². The Morgan fingerprint density at radius 2 is 2.17 bits per heavy atom. The lowest BCUT2D eigenvalue weighted by atomic mass is 10.1. The summed E-state index contributed by atoms with van der Waals surface area (Å²) in [5, 5.41) is 8.22. The van der Waals surface area contributed by atoms with Crippen molar-refractivity contribution in [3.8, 4) is 0 Å². The van der Waals surface area contributed by atoms with Gasteiger partial charge in [0.1, 0.15) is 5.82 Å². The SMILES string of the molecule is CNc1cc(F)c(C)cc1C=[NH2+]. The summed E-state index contributed by atoms with van der Waals surface area (Å²) in [7, 11) is 1.73. The van der Waals surface area contributed by atoms with E-state index in [-0.39, 0.29) is 5.82 Å². The Morgan fingerprint density at radius 3 is 2.67 bits per heavy atom. The van der Waals surface area contributed by atoms with E-state index in [0.717, 1.165) is 5.56 Å². The van der Waals surface area contributed by atoms with Gasteiger partial charge in [0.05, 0.1) is 11.3 Å². The molecule has 0 spiro atoms. The lowest BCUT2D eigenvalue weighted by Gasteiger charge is -2.04. The molecule has 0 atom stereocenters. The first-order valence-corrected chi connectivity index (χ1v) is 3.72. The van der Waals surface area contributed by atoms with Crippen molar-refractivity contribution in [2.45, 2.75) is 6.92 Å². The van der Waals surface area contributed by atoms with Crippen LogP contribution in [0.15, 0.2) is 12.1 Å². The molecule has 0 saturated heterocycles. The van der Waals surface area contributed by atoms with E-state index >= 15 is 0 Å². The van der Waals surface area contributed by atoms with Crippen LogP contribution >= 0.6 is 0 Å². The molecule has 0 heterocycles. The molecular formula is C9H12FN2+. The molecule has 64 valence electrons.